The summed E-state index contributed by atoms with van der Waals surface area (Å²) in [5, 5.41) is 0.255. The van der Waals surface area contributed by atoms with Gasteiger partial charge >= 0.3 is 0 Å². The molecule has 0 saturated carbocycles. The Bertz CT molecular complexity index is 258. The van der Waals surface area contributed by atoms with Crippen molar-refractivity contribution in [3.63, 3.8) is 0 Å². The number of rotatable bonds is 2. The molecule has 0 fully saturated rings. The fourth-order valence-corrected chi connectivity index (χ4v) is 1.38. The molecule has 0 saturated heterocycles. The average Bonchev–Trinajstić information content (AvgIpc) is 2.02. The third-order valence-corrected chi connectivity index (χ3v) is 2.45. The summed E-state index contributed by atoms with van der Waals surface area (Å²) < 4.78 is 5.65. The van der Waals surface area contributed by atoms with Crippen LogP contribution >= 0.6 is 8.81 Å². The first-order valence-electron chi connectivity index (χ1n) is 4.48. The minimum Gasteiger partial charge on any atom is -0.477 e. The molecule has 2 heteroatoms. The molecule has 1 rings (SSSR count). The second kappa shape index (κ2) is 4.11. The highest BCUT2D eigenvalue weighted by Gasteiger charge is 2.11. The molecule has 72 valence electrons. The van der Waals surface area contributed by atoms with Crippen LogP contribution in [0.5, 0.6) is 5.75 Å². The molecule has 0 aliphatic rings. The lowest BCUT2D eigenvalue weighted by molar-refractivity contribution is 0.595. The Morgan fingerprint density at radius 3 is 2.08 bits per heavy atom. The van der Waals surface area contributed by atoms with Crippen molar-refractivity contribution in [1.29, 1.82) is 0 Å². The van der Waals surface area contributed by atoms with E-state index < -0.39 is 0 Å². The van der Waals surface area contributed by atoms with Crippen molar-refractivity contribution in [2.24, 2.45) is 0 Å². The van der Waals surface area contributed by atoms with Gasteiger partial charge in [0.2, 0.25) is 0 Å². The lowest BCUT2D eigenvalue weighted by Gasteiger charge is -2.18. The first kappa shape index (κ1) is 10.5. The molecule has 0 radical (unpaired) electrons. The largest absolute Gasteiger partial charge is 0.477 e. The van der Waals surface area contributed by atoms with Gasteiger partial charge in [-0.1, -0.05) is 38.5 Å². The SMILES string of the molecule is Cc1ccc(OPC(C)(C)C)cc1. The van der Waals surface area contributed by atoms with Crippen molar-refractivity contribution in [2.45, 2.75) is 32.9 Å². The molecule has 0 heterocycles. The topological polar surface area (TPSA) is 9.23 Å². The minimum atomic E-state index is 0.255. The lowest BCUT2D eigenvalue weighted by Crippen LogP contribution is -2.06. The Kier molecular flexibility index (Phi) is 3.33. The molecule has 0 N–H and O–H groups in total. The zero-order valence-corrected chi connectivity index (χ0v) is 9.72. The second-order valence-electron chi connectivity index (χ2n) is 4.27. The van der Waals surface area contributed by atoms with Gasteiger partial charge in [-0.2, -0.15) is 0 Å². The van der Waals surface area contributed by atoms with Crippen LogP contribution in [0.4, 0.5) is 0 Å². The van der Waals surface area contributed by atoms with Crippen LogP contribution in [-0.4, -0.2) is 5.16 Å². The zero-order chi connectivity index (χ0) is 9.90. The maximum absolute atomic E-state index is 5.65. The van der Waals surface area contributed by atoms with E-state index >= 15 is 0 Å². The van der Waals surface area contributed by atoms with Gasteiger partial charge in [-0.3, -0.25) is 0 Å². The molecule has 0 bridgehead atoms. The van der Waals surface area contributed by atoms with Gasteiger partial charge in [-0.15, -0.1) is 0 Å². The molecular formula is C11H17OP. The van der Waals surface area contributed by atoms with Crippen LogP contribution in [-0.2, 0) is 0 Å². The summed E-state index contributed by atoms with van der Waals surface area (Å²) in [6, 6.07) is 8.19. The fourth-order valence-electron chi connectivity index (χ4n) is 0.818. The predicted octanol–water partition coefficient (Wildman–Crippen LogP) is 3.77. The third kappa shape index (κ3) is 4.28. The van der Waals surface area contributed by atoms with Crippen LogP contribution in [0.25, 0.3) is 0 Å². The number of benzene rings is 1. The molecule has 0 spiro atoms. The van der Waals surface area contributed by atoms with E-state index in [0.717, 1.165) is 5.75 Å². The maximum Gasteiger partial charge on any atom is 0.122 e. The lowest BCUT2D eigenvalue weighted by atomic mass is 10.2. The van der Waals surface area contributed by atoms with Gasteiger partial charge in [0.15, 0.2) is 0 Å². The highest BCUT2D eigenvalue weighted by atomic mass is 31.1. The van der Waals surface area contributed by atoms with Crippen molar-refractivity contribution in [1.82, 2.24) is 0 Å². The fraction of sp³-hybridized carbons (Fsp3) is 0.455. The van der Waals surface area contributed by atoms with E-state index in [4.69, 9.17) is 4.52 Å². The van der Waals surface area contributed by atoms with Crippen LogP contribution in [0, 0.1) is 6.92 Å². The Balaban J connectivity index is 2.51. The van der Waals surface area contributed by atoms with Gasteiger partial charge in [-0.25, -0.2) is 0 Å². The van der Waals surface area contributed by atoms with Gasteiger partial charge in [0.25, 0.3) is 0 Å². The van der Waals surface area contributed by atoms with E-state index in [-0.39, 0.29) is 5.16 Å². The highest BCUT2D eigenvalue weighted by Crippen LogP contribution is 2.32. The zero-order valence-electron chi connectivity index (χ0n) is 8.72. The molecule has 0 aromatic heterocycles. The minimum absolute atomic E-state index is 0.255. The molecule has 0 aliphatic heterocycles. The highest BCUT2D eigenvalue weighted by molar-refractivity contribution is 7.34. The number of hydrogen-bond donors (Lipinski definition) is 0. The smallest absolute Gasteiger partial charge is 0.122 e. The molecule has 1 atom stereocenters. The average molecular weight is 196 g/mol. The molecule has 0 aliphatic carbocycles. The van der Waals surface area contributed by atoms with Gasteiger partial charge < -0.3 is 4.52 Å². The van der Waals surface area contributed by atoms with Gasteiger partial charge in [0.1, 0.15) is 5.75 Å². The summed E-state index contributed by atoms with van der Waals surface area (Å²) in [5.41, 5.74) is 1.27. The van der Waals surface area contributed by atoms with E-state index in [0.29, 0.717) is 8.81 Å². The monoisotopic (exact) mass is 196 g/mol. The second-order valence-corrected chi connectivity index (χ2v) is 6.18. The molecule has 1 nitrogen and oxygen atoms in total. The van der Waals surface area contributed by atoms with Crippen LogP contribution in [0.3, 0.4) is 0 Å². The van der Waals surface area contributed by atoms with E-state index in [1.807, 2.05) is 12.1 Å². The summed E-state index contributed by atoms with van der Waals surface area (Å²) >= 11 is 0. The van der Waals surface area contributed by atoms with E-state index in [9.17, 15) is 0 Å². The summed E-state index contributed by atoms with van der Waals surface area (Å²) in [4.78, 5) is 0. The van der Waals surface area contributed by atoms with E-state index in [1.54, 1.807) is 0 Å². The van der Waals surface area contributed by atoms with Crippen molar-refractivity contribution in [3.05, 3.63) is 29.8 Å². The quantitative estimate of drug-likeness (QED) is 0.654. The normalized spacial score (nSPS) is 12.3. The third-order valence-electron chi connectivity index (χ3n) is 1.50. The van der Waals surface area contributed by atoms with E-state index in [2.05, 4.69) is 39.8 Å². The molecule has 1 aromatic carbocycles. The maximum atomic E-state index is 5.65. The van der Waals surface area contributed by atoms with Crippen molar-refractivity contribution >= 4 is 8.81 Å². The predicted molar refractivity (Wildman–Crippen MR) is 59.9 cm³/mol. The first-order valence-corrected chi connectivity index (χ1v) is 5.39. The number of hydrogen-bond acceptors (Lipinski definition) is 1. The van der Waals surface area contributed by atoms with Crippen molar-refractivity contribution < 1.29 is 4.52 Å². The van der Waals surface area contributed by atoms with Gasteiger partial charge in [-0.05, 0) is 19.1 Å². The first-order chi connectivity index (χ1) is 5.97. The van der Waals surface area contributed by atoms with Gasteiger partial charge in [0.05, 0.1) is 8.81 Å². The Morgan fingerprint density at radius 1 is 1.08 bits per heavy atom. The standard InChI is InChI=1S/C11H17OP/c1-9-5-7-10(8-6-9)12-13-11(2,3)4/h5-8,13H,1-4H3. The molecule has 13 heavy (non-hydrogen) atoms. The molecule has 0 amide bonds. The summed E-state index contributed by atoms with van der Waals surface area (Å²) in [6.07, 6.45) is 0. The Hall–Kier alpha value is -0.550. The van der Waals surface area contributed by atoms with Crippen LogP contribution in [0.2, 0.25) is 0 Å². The molecular weight excluding hydrogens is 179 g/mol. The van der Waals surface area contributed by atoms with Crippen LogP contribution < -0.4 is 4.52 Å². The summed E-state index contributed by atoms with van der Waals surface area (Å²) in [6.45, 7) is 8.62. The Morgan fingerprint density at radius 2 is 1.62 bits per heavy atom. The van der Waals surface area contributed by atoms with Crippen molar-refractivity contribution in [2.75, 3.05) is 0 Å². The van der Waals surface area contributed by atoms with Crippen LogP contribution in [0.15, 0.2) is 24.3 Å². The summed E-state index contributed by atoms with van der Waals surface area (Å²) in [5.74, 6) is 0.971. The Labute approximate surface area is 82.4 Å². The van der Waals surface area contributed by atoms with Gasteiger partial charge in [0, 0.05) is 5.16 Å². The van der Waals surface area contributed by atoms with Crippen LogP contribution in [0.1, 0.15) is 26.3 Å². The van der Waals surface area contributed by atoms with Crippen molar-refractivity contribution in [3.8, 4) is 5.75 Å². The van der Waals surface area contributed by atoms with E-state index in [1.165, 1.54) is 5.56 Å². The number of aryl methyl sites for hydroxylation is 1. The molecule has 1 unspecified atom stereocenters. The summed E-state index contributed by atoms with van der Waals surface area (Å²) in [7, 11) is 0.516. The molecule has 1 aromatic rings.